The lowest BCUT2D eigenvalue weighted by atomic mass is 10.1. The molecule has 16 heavy (non-hydrogen) atoms. The molecule has 1 aromatic heterocycles. The molecule has 0 aromatic carbocycles. The van der Waals surface area contributed by atoms with E-state index in [0.717, 1.165) is 30.5 Å². The number of nitrogens with one attached hydrogen (secondary N) is 1. The first-order chi connectivity index (χ1) is 7.67. The van der Waals surface area contributed by atoms with Gasteiger partial charge in [0.2, 0.25) is 0 Å². The topological polar surface area (TPSA) is 68.0 Å². The number of anilines is 1. The van der Waals surface area contributed by atoms with Gasteiger partial charge in [-0.2, -0.15) is 0 Å². The predicted octanol–water partition coefficient (Wildman–Crippen LogP) is 1.74. The molecule has 1 aliphatic rings. The van der Waals surface area contributed by atoms with Crippen molar-refractivity contribution in [3.8, 4) is 0 Å². The van der Waals surface area contributed by atoms with Crippen LogP contribution in [0.15, 0.2) is 18.3 Å². The number of rotatable bonds is 3. The number of hydrogen-bond acceptors (Lipinski definition) is 4. The van der Waals surface area contributed by atoms with Crippen molar-refractivity contribution in [1.82, 2.24) is 4.98 Å². The van der Waals surface area contributed by atoms with Gasteiger partial charge in [-0.1, -0.05) is 0 Å². The van der Waals surface area contributed by atoms with Crippen molar-refractivity contribution in [2.45, 2.75) is 25.8 Å². The lowest BCUT2D eigenvalue weighted by molar-refractivity contribution is -0.108. The largest absolute Gasteiger partial charge is 0.373 e. The van der Waals surface area contributed by atoms with Crippen LogP contribution in [0.2, 0.25) is 0 Å². The van der Waals surface area contributed by atoms with Gasteiger partial charge in [0.25, 0.3) is 0 Å². The Morgan fingerprint density at radius 1 is 1.62 bits per heavy atom. The van der Waals surface area contributed by atoms with Crippen molar-refractivity contribution in [2.24, 2.45) is 11.7 Å². The first-order valence-electron chi connectivity index (χ1n) is 5.52. The number of carbonyl (C=O) groups is 1. The molecule has 1 aliphatic carbocycles. The summed E-state index contributed by atoms with van der Waals surface area (Å²) in [6.45, 7) is 1.95. The molecule has 0 amide bonds. The number of pyridine rings is 1. The maximum atomic E-state index is 9.57. The highest BCUT2D eigenvalue weighted by Crippen LogP contribution is 2.25. The van der Waals surface area contributed by atoms with Gasteiger partial charge in [-0.25, -0.2) is 4.98 Å². The molecule has 1 aromatic rings. The predicted molar refractivity (Wildman–Crippen MR) is 65.2 cm³/mol. The van der Waals surface area contributed by atoms with E-state index < -0.39 is 0 Å². The van der Waals surface area contributed by atoms with Gasteiger partial charge >= 0.3 is 0 Å². The van der Waals surface area contributed by atoms with Crippen LogP contribution in [0, 0.1) is 5.92 Å². The summed E-state index contributed by atoms with van der Waals surface area (Å²) >= 11 is 0. The van der Waals surface area contributed by atoms with Gasteiger partial charge in [0.1, 0.15) is 12.1 Å². The third kappa shape index (κ3) is 4.40. The minimum atomic E-state index is 0.0742. The molecule has 88 valence electrons. The van der Waals surface area contributed by atoms with Gasteiger partial charge < -0.3 is 15.8 Å². The lowest BCUT2D eigenvalue weighted by Crippen LogP contribution is -2.05. The quantitative estimate of drug-likeness (QED) is 0.763. The minimum Gasteiger partial charge on any atom is -0.373 e. The normalized spacial score (nSPS) is 15.7. The molecule has 1 atom stereocenters. The van der Waals surface area contributed by atoms with Crippen molar-refractivity contribution in [1.29, 1.82) is 0 Å². The number of carbonyl (C=O) groups excluding carboxylic acids is 1. The van der Waals surface area contributed by atoms with Crippen LogP contribution in [0.25, 0.3) is 0 Å². The Hall–Kier alpha value is -1.42. The van der Waals surface area contributed by atoms with E-state index >= 15 is 0 Å². The van der Waals surface area contributed by atoms with Crippen LogP contribution >= 0.6 is 0 Å². The zero-order valence-electron chi connectivity index (χ0n) is 9.81. The van der Waals surface area contributed by atoms with Crippen LogP contribution in [-0.2, 0) is 4.79 Å². The Bertz CT molecular complexity index is 335. The molecule has 1 heterocycles. The average molecular weight is 221 g/mol. The van der Waals surface area contributed by atoms with E-state index in [9.17, 15) is 4.79 Å². The van der Waals surface area contributed by atoms with Crippen LogP contribution in [-0.4, -0.2) is 18.3 Å². The zero-order chi connectivity index (χ0) is 12.0. The molecule has 2 rings (SSSR count). The Kier molecular flexibility index (Phi) is 4.92. The van der Waals surface area contributed by atoms with Crippen LogP contribution in [0.3, 0.4) is 0 Å². The molecule has 1 unspecified atom stereocenters. The van der Waals surface area contributed by atoms with Crippen molar-refractivity contribution in [3.63, 3.8) is 0 Å². The highest BCUT2D eigenvalue weighted by molar-refractivity contribution is 5.56. The fourth-order valence-electron chi connectivity index (χ4n) is 1.10. The molecule has 0 spiro atoms. The van der Waals surface area contributed by atoms with E-state index in [4.69, 9.17) is 5.73 Å². The molecule has 0 saturated heterocycles. The Morgan fingerprint density at radius 2 is 2.31 bits per heavy atom. The summed E-state index contributed by atoms with van der Waals surface area (Å²) in [4.78, 5) is 13.6. The molecule has 1 fully saturated rings. The van der Waals surface area contributed by atoms with E-state index in [-0.39, 0.29) is 6.04 Å². The molecule has 4 nitrogen and oxygen atoms in total. The Labute approximate surface area is 96.3 Å². The maximum absolute atomic E-state index is 9.57. The number of nitrogens with two attached hydrogens (primary N) is 1. The number of aldehydes is 1. The number of hydrogen-bond donors (Lipinski definition) is 2. The summed E-state index contributed by atoms with van der Waals surface area (Å²) < 4.78 is 0. The van der Waals surface area contributed by atoms with Crippen molar-refractivity contribution in [3.05, 3.63) is 23.9 Å². The van der Waals surface area contributed by atoms with Crippen LogP contribution in [0.5, 0.6) is 0 Å². The number of nitrogens with zero attached hydrogens (tertiary/aromatic N) is 1. The lowest BCUT2D eigenvalue weighted by Gasteiger charge is -2.06. The molecule has 3 N–H and O–H groups in total. The first-order valence-corrected chi connectivity index (χ1v) is 5.52. The molecule has 0 aliphatic heterocycles. The van der Waals surface area contributed by atoms with E-state index in [2.05, 4.69) is 10.3 Å². The highest BCUT2D eigenvalue weighted by atomic mass is 16.1. The molecular weight excluding hydrogens is 202 g/mol. The monoisotopic (exact) mass is 221 g/mol. The van der Waals surface area contributed by atoms with E-state index in [1.54, 1.807) is 6.20 Å². The molecule has 0 bridgehead atoms. The highest BCUT2D eigenvalue weighted by Gasteiger charge is 2.18. The van der Waals surface area contributed by atoms with Crippen molar-refractivity contribution < 1.29 is 4.79 Å². The van der Waals surface area contributed by atoms with Gasteiger partial charge in [0.15, 0.2) is 0 Å². The maximum Gasteiger partial charge on any atom is 0.125 e. The van der Waals surface area contributed by atoms with Gasteiger partial charge in [-0.15, -0.1) is 0 Å². The van der Waals surface area contributed by atoms with Gasteiger partial charge in [-0.05, 0) is 37.5 Å². The third-order valence-electron chi connectivity index (χ3n) is 2.38. The van der Waals surface area contributed by atoms with E-state index in [1.807, 2.05) is 26.1 Å². The fraction of sp³-hybridized carbons (Fsp3) is 0.500. The van der Waals surface area contributed by atoms with E-state index in [0.29, 0.717) is 5.92 Å². The Balaban J connectivity index is 0.000000212. The van der Waals surface area contributed by atoms with Gasteiger partial charge in [0.05, 0.1) is 0 Å². The van der Waals surface area contributed by atoms with Crippen molar-refractivity contribution in [2.75, 3.05) is 12.4 Å². The molecular formula is C12H19N3O. The number of aromatic nitrogens is 1. The SMILES string of the molecule is CNc1cc(C(C)N)ccn1.O=CC1CC1. The molecule has 0 radical (unpaired) electrons. The second kappa shape index (κ2) is 6.23. The third-order valence-corrected chi connectivity index (χ3v) is 2.38. The summed E-state index contributed by atoms with van der Waals surface area (Å²) in [6.07, 6.45) is 5.07. The van der Waals surface area contributed by atoms with Gasteiger partial charge in [0, 0.05) is 25.2 Å². The first kappa shape index (κ1) is 12.6. The zero-order valence-corrected chi connectivity index (χ0v) is 9.81. The Morgan fingerprint density at radius 3 is 2.69 bits per heavy atom. The van der Waals surface area contributed by atoms with Gasteiger partial charge in [-0.3, -0.25) is 0 Å². The summed E-state index contributed by atoms with van der Waals surface area (Å²) in [7, 11) is 1.84. The standard InChI is InChI=1S/C8H13N3.C4H6O/c1-6(9)7-3-4-11-8(5-7)10-2;5-3-4-1-2-4/h3-6H,9H2,1-2H3,(H,10,11);3-4H,1-2H2. The molecule has 4 heteroatoms. The second-order valence-corrected chi connectivity index (χ2v) is 3.99. The fourth-order valence-corrected chi connectivity index (χ4v) is 1.10. The molecule has 1 saturated carbocycles. The average Bonchev–Trinajstić information content (AvgIpc) is 3.13. The van der Waals surface area contributed by atoms with Crippen LogP contribution in [0.1, 0.15) is 31.4 Å². The minimum absolute atomic E-state index is 0.0742. The summed E-state index contributed by atoms with van der Waals surface area (Å²) in [6, 6.07) is 3.95. The summed E-state index contributed by atoms with van der Waals surface area (Å²) in [5.74, 6) is 1.31. The second-order valence-electron chi connectivity index (χ2n) is 3.99. The van der Waals surface area contributed by atoms with Crippen molar-refractivity contribution >= 4 is 12.1 Å². The smallest absolute Gasteiger partial charge is 0.125 e. The van der Waals surface area contributed by atoms with Crippen LogP contribution < -0.4 is 11.1 Å². The summed E-state index contributed by atoms with van der Waals surface area (Å²) in [5, 5.41) is 2.96. The van der Waals surface area contributed by atoms with E-state index in [1.165, 1.54) is 0 Å². The summed E-state index contributed by atoms with van der Waals surface area (Å²) in [5.41, 5.74) is 6.78. The van der Waals surface area contributed by atoms with Crippen LogP contribution in [0.4, 0.5) is 5.82 Å².